The molecule has 0 fully saturated rings. The fraction of sp³-hybridized carbons (Fsp3) is 0.222. The van der Waals surface area contributed by atoms with E-state index in [9.17, 15) is 14.0 Å². The molecule has 2 amide bonds. The molecule has 2 N–H and O–H groups in total. The number of ether oxygens (including phenoxy) is 1. The quantitative estimate of drug-likeness (QED) is 0.818. The number of nitrogens with one attached hydrogen (secondary N) is 2. The zero-order chi connectivity index (χ0) is 17.4. The molecule has 0 heterocycles. The molecular weight excluding hydrogens is 311 g/mol. The van der Waals surface area contributed by atoms with Crippen molar-refractivity contribution in [1.29, 1.82) is 0 Å². The monoisotopic (exact) mass is 330 g/mol. The summed E-state index contributed by atoms with van der Waals surface area (Å²) in [6.07, 6.45) is 0.202. The van der Waals surface area contributed by atoms with E-state index in [2.05, 4.69) is 10.6 Å². The van der Waals surface area contributed by atoms with E-state index < -0.39 is 0 Å². The van der Waals surface area contributed by atoms with Gasteiger partial charge in [-0.3, -0.25) is 9.59 Å². The molecule has 6 heteroatoms. The minimum Gasteiger partial charge on any atom is -0.493 e. The molecule has 24 heavy (non-hydrogen) atoms. The van der Waals surface area contributed by atoms with Gasteiger partial charge >= 0.3 is 0 Å². The van der Waals surface area contributed by atoms with Crippen LogP contribution in [0.1, 0.15) is 22.3 Å². The van der Waals surface area contributed by atoms with Gasteiger partial charge in [0.2, 0.25) is 5.91 Å². The molecule has 0 aliphatic heterocycles. The van der Waals surface area contributed by atoms with Crippen LogP contribution in [-0.4, -0.2) is 25.5 Å². The minimum atomic E-state index is -0.331. The Labute approximate surface area is 139 Å². The minimum absolute atomic E-state index is 0.146. The summed E-state index contributed by atoms with van der Waals surface area (Å²) < 4.78 is 18.1. The van der Waals surface area contributed by atoms with E-state index in [0.29, 0.717) is 17.9 Å². The van der Waals surface area contributed by atoms with Crippen LogP contribution in [0.25, 0.3) is 0 Å². The summed E-state index contributed by atoms with van der Waals surface area (Å²) in [4.78, 5) is 23.2. The van der Waals surface area contributed by atoms with E-state index in [-0.39, 0.29) is 30.7 Å². The van der Waals surface area contributed by atoms with Crippen LogP contribution in [0.3, 0.4) is 0 Å². The van der Waals surface area contributed by atoms with Gasteiger partial charge in [0.25, 0.3) is 5.91 Å². The summed E-state index contributed by atoms with van der Waals surface area (Å²) in [6.45, 7) is 0.594. The Kier molecular flexibility index (Phi) is 6.31. The molecule has 0 aliphatic rings. The van der Waals surface area contributed by atoms with E-state index in [1.54, 1.807) is 31.3 Å². The van der Waals surface area contributed by atoms with Crippen molar-refractivity contribution in [3.63, 3.8) is 0 Å². The van der Waals surface area contributed by atoms with E-state index in [1.165, 1.54) is 24.3 Å². The van der Waals surface area contributed by atoms with Crippen LogP contribution in [0.15, 0.2) is 48.5 Å². The number of rotatable bonds is 7. The summed E-state index contributed by atoms with van der Waals surface area (Å²) >= 11 is 0. The Bertz CT molecular complexity index is 684. The van der Waals surface area contributed by atoms with Crippen LogP contribution >= 0.6 is 0 Å². The second-order valence-corrected chi connectivity index (χ2v) is 5.11. The molecule has 2 aromatic rings. The predicted octanol–water partition coefficient (Wildman–Crippen LogP) is 2.27. The molecule has 126 valence electrons. The van der Waals surface area contributed by atoms with E-state index in [1.807, 2.05) is 0 Å². The zero-order valence-corrected chi connectivity index (χ0v) is 13.3. The number of hydrogen-bond acceptors (Lipinski definition) is 3. The summed E-state index contributed by atoms with van der Waals surface area (Å²) in [6, 6.07) is 12.6. The lowest BCUT2D eigenvalue weighted by Gasteiger charge is -2.08. The first-order valence-electron chi connectivity index (χ1n) is 7.54. The number of amides is 2. The molecule has 0 bridgehead atoms. The highest BCUT2D eigenvalue weighted by atomic mass is 19.1. The summed E-state index contributed by atoms with van der Waals surface area (Å²) in [5, 5.41) is 5.32. The number of hydrogen-bond donors (Lipinski definition) is 2. The second-order valence-electron chi connectivity index (χ2n) is 5.11. The lowest BCUT2D eigenvalue weighted by molar-refractivity contribution is -0.121. The maximum Gasteiger partial charge on any atom is 0.251 e. The Balaban J connectivity index is 1.71. The number of carbonyl (C=O) groups is 2. The lowest BCUT2D eigenvalue weighted by Crippen LogP contribution is -2.24. The summed E-state index contributed by atoms with van der Waals surface area (Å²) in [7, 11) is 1.57. The Morgan fingerprint density at radius 2 is 1.71 bits per heavy atom. The van der Waals surface area contributed by atoms with Gasteiger partial charge in [-0.05, 0) is 42.0 Å². The van der Waals surface area contributed by atoms with Crippen molar-refractivity contribution in [3.8, 4) is 5.75 Å². The van der Waals surface area contributed by atoms with Crippen molar-refractivity contribution in [2.24, 2.45) is 0 Å². The third kappa shape index (κ3) is 5.39. The fourth-order valence-electron chi connectivity index (χ4n) is 2.00. The van der Waals surface area contributed by atoms with Gasteiger partial charge in [-0.25, -0.2) is 4.39 Å². The highest BCUT2D eigenvalue weighted by molar-refractivity contribution is 5.93. The molecule has 5 nitrogen and oxygen atoms in total. The highest BCUT2D eigenvalue weighted by Gasteiger charge is 2.05. The maximum atomic E-state index is 12.7. The van der Waals surface area contributed by atoms with Gasteiger partial charge in [-0.15, -0.1) is 0 Å². The SMILES string of the molecule is CNC(=O)c1ccc(CNC(=O)CCOc2ccc(F)cc2)cc1. The third-order valence-electron chi connectivity index (χ3n) is 3.34. The number of halogens is 1. The van der Waals surface area contributed by atoms with Gasteiger partial charge in [0.1, 0.15) is 11.6 Å². The molecule has 0 spiro atoms. The van der Waals surface area contributed by atoms with Crippen LogP contribution in [0.4, 0.5) is 4.39 Å². The third-order valence-corrected chi connectivity index (χ3v) is 3.34. The molecule has 0 aliphatic carbocycles. The van der Waals surface area contributed by atoms with E-state index in [4.69, 9.17) is 4.74 Å². The average molecular weight is 330 g/mol. The van der Waals surface area contributed by atoms with E-state index >= 15 is 0 Å². The molecule has 2 aromatic carbocycles. The maximum absolute atomic E-state index is 12.7. The Hall–Kier alpha value is -2.89. The molecular formula is C18H19FN2O3. The first-order valence-corrected chi connectivity index (χ1v) is 7.54. The van der Waals surface area contributed by atoms with Crippen LogP contribution in [0, 0.1) is 5.82 Å². The van der Waals surface area contributed by atoms with Crippen molar-refractivity contribution in [2.45, 2.75) is 13.0 Å². The van der Waals surface area contributed by atoms with Crippen molar-refractivity contribution in [2.75, 3.05) is 13.7 Å². The topological polar surface area (TPSA) is 67.4 Å². The molecule has 0 saturated heterocycles. The molecule has 0 aromatic heterocycles. The van der Waals surface area contributed by atoms with Crippen molar-refractivity contribution < 1.29 is 18.7 Å². The fourth-order valence-corrected chi connectivity index (χ4v) is 2.00. The molecule has 0 unspecified atom stereocenters. The largest absolute Gasteiger partial charge is 0.493 e. The highest BCUT2D eigenvalue weighted by Crippen LogP contribution is 2.11. The van der Waals surface area contributed by atoms with Crippen LogP contribution in [0.2, 0.25) is 0 Å². The molecule has 0 atom stereocenters. The molecule has 0 saturated carbocycles. The smallest absolute Gasteiger partial charge is 0.251 e. The van der Waals surface area contributed by atoms with Crippen molar-refractivity contribution >= 4 is 11.8 Å². The van der Waals surface area contributed by atoms with Gasteiger partial charge in [-0.2, -0.15) is 0 Å². The standard InChI is InChI=1S/C18H19FN2O3/c1-20-18(23)14-4-2-13(3-5-14)12-21-17(22)10-11-24-16-8-6-15(19)7-9-16/h2-9H,10-12H2,1H3,(H,20,23)(H,21,22). The normalized spacial score (nSPS) is 10.1. The summed E-state index contributed by atoms with van der Waals surface area (Å²) in [5.74, 6) is -0.104. The van der Waals surface area contributed by atoms with Crippen LogP contribution in [-0.2, 0) is 11.3 Å². The van der Waals surface area contributed by atoms with Crippen molar-refractivity contribution in [1.82, 2.24) is 10.6 Å². The van der Waals surface area contributed by atoms with Crippen molar-refractivity contribution in [3.05, 3.63) is 65.5 Å². The zero-order valence-electron chi connectivity index (χ0n) is 13.3. The first-order chi connectivity index (χ1) is 11.6. The lowest BCUT2D eigenvalue weighted by atomic mass is 10.1. The Morgan fingerprint density at radius 3 is 2.33 bits per heavy atom. The van der Waals surface area contributed by atoms with Gasteiger partial charge in [0.05, 0.1) is 13.0 Å². The second kappa shape index (κ2) is 8.67. The van der Waals surface area contributed by atoms with Gasteiger partial charge < -0.3 is 15.4 Å². The van der Waals surface area contributed by atoms with Crippen LogP contribution in [0.5, 0.6) is 5.75 Å². The predicted molar refractivity (Wildman–Crippen MR) is 88.2 cm³/mol. The first kappa shape index (κ1) is 17.5. The van der Waals surface area contributed by atoms with Gasteiger partial charge in [0, 0.05) is 19.2 Å². The van der Waals surface area contributed by atoms with Gasteiger partial charge in [0.15, 0.2) is 0 Å². The van der Waals surface area contributed by atoms with Gasteiger partial charge in [-0.1, -0.05) is 12.1 Å². The molecule has 2 rings (SSSR count). The molecule has 0 radical (unpaired) electrons. The van der Waals surface area contributed by atoms with Crippen LogP contribution < -0.4 is 15.4 Å². The van der Waals surface area contributed by atoms with E-state index in [0.717, 1.165) is 5.56 Å². The number of carbonyl (C=O) groups excluding carboxylic acids is 2. The summed E-state index contributed by atoms with van der Waals surface area (Å²) in [5.41, 5.74) is 1.47. The Morgan fingerprint density at radius 1 is 1.04 bits per heavy atom. The number of benzene rings is 2. The average Bonchev–Trinajstić information content (AvgIpc) is 2.61.